The zero-order valence-electron chi connectivity index (χ0n) is 14.4. The third-order valence-electron chi connectivity index (χ3n) is 5.73. The topological polar surface area (TPSA) is 12.5 Å². The number of benzene rings is 2. The Morgan fingerprint density at radius 1 is 0.840 bits per heavy atom. The minimum Gasteiger partial charge on any atom is -0.365 e. The summed E-state index contributed by atoms with van der Waals surface area (Å²) >= 11 is 0. The molecule has 2 aliphatic heterocycles. The van der Waals surface area contributed by atoms with Gasteiger partial charge in [0.25, 0.3) is 0 Å². The molecular weight excluding hydrogens is 320 g/mol. The molecule has 4 rings (SSSR count). The monoisotopic (exact) mass is 343 g/mol. The van der Waals surface area contributed by atoms with Gasteiger partial charge in [0.05, 0.1) is 6.10 Å². The zero-order chi connectivity index (χ0) is 17.4. The van der Waals surface area contributed by atoms with Gasteiger partial charge in [-0.05, 0) is 68.1 Å². The average molecular weight is 343 g/mol. The number of halogens is 2. The molecule has 0 N–H and O–H groups in total. The Morgan fingerprint density at radius 2 is 1.28 bits per heavy atom. The summed E-state index contributed by atoms with van der Waals surface area (Å²) in [6, 6.07) is 14.0. The van der Waals surface area contributed by atoms with Crippen molar-refractivity contribution in [3.63, 3.8) is 0 Å². The summed E-state index contributed by atoms with van der Waals surface area (Å²) in [7, 11) is 2.20. The fraction of sp³-hybridized carbons (Fsp3) is 0.429. The molecule has 2 aromatic carbocycles. The van der Waals surface area contributed by atoms with E-state index in [0.29, 0.717) is 12.1 Å². The zero-order valence-corrected chi connectivity index (χ0v) is 14.4. The van der Waals surface area contributed by atoms with E-state index in [9.17, 15) is 8.78 Å². The first-order valence-electron chi connectivity index (χ1n) is 8.98. The molecule has 3 atom stereocenters. The van der Waals surface area contributed by atoms with Crippen LogP contribution in [-0.4, -0.2) is 30.1 Å². The van der Waals surface area contributed by atoms with Crippen molar-refractivity contribution in [2.24, 2.45) is 0 Å². The van der Waals surface area contributed by atoms with Crippen LogP contribution in [0, 0.1) is 11.6 Å². The highest BCUT2D eigenvalue weighted by Crippen LogP contribution is 2.38. The van der Waals surface area contributed by atoms with Crippen molar-refractivity contribution in [2.45, 2.75) is 50.0 Å². The van der Waals surface area contributed by atoms with E-state index in [2.05, 4.69) is 11.9 Å². The Kier molecular flexibility index (Phi) is 4.57. The van der Waals surface area contributed by atoms with Gasteiger partial charge in [0.2, 0.25) is 0 Å². The summed E-state index contributed by atoms with van der Waals surface area (Å²) in [5.74, 6) is -0.530. The van der Waals surface area contributed by atoms with Gasteiger partial charge in [-0.15, -0.1) is 0 Å². The van der Waals surface area contributed by atoms with Crippen LogP contribution in [0.5, 0.6) is 0 Å². The first-order valence-corrected chi connectivity index (χ1v) is 8.98. The van der Waals surface area contributed by atoms with Crippen molar-refractivity contribution < 1.29 is 13.5 Å². The van der Waals surface area contributed by atoms with Gasteiger partial charge >= 0.3 is 0 Å². The van der Waals surface area contributed by atoms with E-state index < -0.39 is 0 Å². The molecule has 4 heteroatoms. The number of nitrogens with zero attached hydrogens (tertiary/aromatic N) is 1. The van der Waals surface area contributed by atoms with E-state index in [-0.39, 0.29) is 23.8 Å². The SMILES string of the molecule is CN1[C@@H]2CC[C@H]1C[C@@H](OC(c1ccc(F)cc1)c1ccc(F)cc1)C2. The molecule has 0 amide bonds. The lowest BCUT2D eigenvalue weighted by molar-refractivity contribution is -0.0426. The first kappa shape index (κ1) is 16.7. The number of hydrogen-bond acceptors (Lipinski definition) is 2. The number of hydrogen-bond donors (Lipinski definition) is 0. The summed E-state index contributed by atoms with van der Waals surface area (Å²) in [5, 5.41) is 0. The molecule has 0 unspecified atom stereocenters. The average Bonchev–Trinajstić information content (AvgIpc) is 2.83. The van der Waals surface area contributed by atoms with Crippen molar-refractivity contribution in [1.82, 2.24) is 4.90 Å². The minimum atomic E-state index is -0.297. The Hall–Kier alpha value is -1.78. The standard InChI is InChI=1S/C21H23F2NO/c1-24-18-10-11-19(24)13-20(12-18)25-21(14-2-6-16(22)7-3-14)15-4-8-17(23)9-5-15/h2-9,18-21H,10-13H2,1H3/t18-,19+,20+. The lowest BCUT2D eigenvalue weighted by Gasteiger charge is -2.38. The minimum absolute atomic E-state index is 0.175. The Labute approximate surface area is 147 Å². The summed E-state index contributed by atoms with van der Waals surface area (Å²) < 4.78 is 33.1. The molecule has 2 bridgehead atoms. The van der Waals surface area contributed by atoms with Crippen molar-refractivity contribution in [1.29, 1.82) is 0 Å². The maximum absolute atomic E-state index is 13.3. The van der Waals surface area contributed by atoms with Crippen molar-refractivity contribution in [3.8, 4) is 0 Å². The van der Waals surface area contributed by atoms with E-state index >= 15 is 0 Å². The van der Waals surface area contributed by atoms with Crippen LogP contribution in [0.2, 0.25) is 0 Å². The molecule has 25 heavy (non-hydrogen) atoms. The highest BCUT2D eigenvalue weighted by Gasteiger charge is 2.39. The lowest BCUT2D eigenvalue weighted by Crippen LogP contribution is -2.43. The third kappa shape index (κ3) is 3.46. The lowest BCUT2D eigenvalue weighted by atomic mass is 9.97. The normalized spacial score (nSPS) is 26.3. The highest BCUT2D eigenvalue weighted by atomic mass is 19.1. The first-order chi connectivity index (χ1) is 12.1. The molecular formula is C21H23F2NO. The second kappa shape index (κ2) is 6.85. The van der Waals surface area contributed by atoms with Gasteiger partial charge in [-0.1, -0.05) is 24.3 Å². The van der Waals surface area contributed by atoms with Crippen LogP contribution in [-0.2, 0) is 4.74 Å². The number of piperidine rings is 1. The fourth-order valence-corrected chi connectivity index (χ4v) is 4.29. The summed E-state index contributed by atoms with van der Waals surface area (Å²) in [5.41, 5.74) is 1.80. The largest absolute Gasteiger partial charge is 0.365 e. The maximum Gasteiger partial charge on any atom is 0.123 e. The third-order valence-corrected chi connectivity index (χ3v) is 5.73. The van der Waals surface area contributed by atoms with Crippen LogP contribution in [0.15, 0.2) is 48.5 Å². The quantitative estimate of drug-likeness (QED) is 0.798. The van der Waals surface area contributed by atoms with Gasteiger partial charge in [0, 0.05) is 12.1 Å². The van der Waals surface area contributed by atoms with Gasteiger partial charge in [-0.25, -0.2) is 8.78 Å². The molecule has 2 fully saturated rings. The molecule has 0 spiro atoms. The Morgan fingerprint density at radius 3 is 1.72 bits per heavy atom. The molecule has 2 nitrogen and oxygen atoms in total. The van der Waals surface area contributed by atoms with Crippen LogP contribution >= 0.6 is 0 Å². The second-order valence-corrected chi connectivity index (χ2v) is 7.26. The molecule has 132 valence electrons. The van der Waals surface area contributed by atoms with Gasteiger partial charge in [0.15, 0.2) is 0 Å². The summed E-state index contributed by atoms with van der Waals surface area (Å²) in [6.45, 7) is 0. The molecule has 2 heterocycles. The molecule has 0 saturated carbocycles. The van der Waals surface area contributed by atoms with Gasteiger partial charge in [-0.3, -0.25) is 0 Å². The van der Waals surface area contributed by atoms with Crippen LogP contribution in [0.1, 0.15) is 42.9 Å². The molecule has 2 aromatic rings. The van der Waals surface area contributed by atoms with Crippen LogP contribution in [0.4, 0.5) is 8.78 Å². The molecule has 2 saturated heterocycles. The van der Waals surface area contributed by atoms with E-state index in [0.717, 1.165) is 24.0 Å². The van der Waals surface area contributed by atoms with E-state index in [1.807, 2.05) is 0 Å². The van der Waals surface area contributed by atoms with Gasteiger partial charge in [0.1, 0.15) is 17.7 Å². The molecule has 0 aliphatic carbocycles. The smallest absolute Gasteiger partial charge is 0.123 e. The molecule has 2 aliphatic rings. The summed E-state index contributed by atoms with van der Waals surface area (Å²) in [4.78, 5) is 2.48. The predicted octanol–water partition coefficient (Wildman–Crippen LogP) is 4.70. The maximum atomic E-state index is 13.3. The second-order valence-electron chi connectivity index (χ2n) is 7.26. The highest BCUT2D eigenvalue weighted by molar-refractivity contribution is 5.30. The van der Waals surface area contributed by atoms with Crippen molar-refractivity contribution in [3.05, 3.63) is 71.3 Å². The van der Waals surface area contributed by atoms with Gasteiger partial charge in [-0.2, -0.15) is 0 Å². The van der Waals surface area contributed by atoms with Crippen molar-refractivity contribution in [2.75, 3.05) is 7.05 Å². The molecule has 0 aromatic heterocycles. The van der Waals surface area contributed by atoms with Crippen LogP contribution in [0.25, 0.3) is 0 Å². The fourth-order valence-electron chi connectivity index (χ4n) is 4.29. The Bertz CT molecular complexity index is 656. The van der Waals surface area contributed by atoms with Crippen LogP contribution < -0.4 is 0 Å². The van der Waals surface area contributed by atoms with Crippen molar-refractivity contribution >= 4 is 0 Å². The van der Waals surface area contributed by atoms with E-state index in [1.165, 1.54) is 37.1 Å². The van der Waals surface area contributed by atoms with Gasteiger partial charge < -0.3 is 9.64 Å². The van der Waals surface area contributed by atoms with E-state index in [4.69, 9.17) is 4.74 Å². The number of fused-ring (bicyclic) bond motifs is 2. The Balaban J connectivity index is 1.59. The number of rotatable bonds is 4. The number of ether oxygens (including phenoxy) is 1. The predicted molar refractivity (Wildman–Crippen MR) is 93.3 cm³/mol. The van der Waals surface area contributed by atoms with E-state index in [1.54, 1.807) is 24.3 Å². The van der Waals surface area contributed by atoms with Crippen LogP contribution in [0.3, 0.4) is 0 Å². The summed E-state index contributed by atoms with van der Waals surface area (Å²) in [6.07, 6.45) is 4.39. The molecule has 0 radical (unpaired) electrons.